The van der Waals surface area contributed by atoms with Gasteiger partial charge in [-0.1, -0.05) is 225 Å². The maximum absolute atomic E-state index is 13.5. The van der Waals surface area contributed by atoms with Gasteiger partial charge in [-0.15, -0.1) is 0 Å². The van der Waals surface area contributed by atoms with Gasteiger partial charge in [-0.05, 0) is 109 Å². The van der Waals surface area contributed by atoms with E-state index in [0.717, 1.165) is 116 Å². The van der Waals surface area contributed by atoms with E-state index >= 15 is 0 Å². The fraction of sp³-hybridized carbons (Fsp3) is 0.631. The average molecular weight is 1060 g/mol. The Kier molecular flexibility index (Phi) is 50.8. The normalized spacial score (nSPS) is 14.7. The molecule has 10 heteroatoms. The van der Waals surface area contributed by atoms with E-state index in [0.29, 0.717) is 23.9 Å². The van der Waals surface area contributed by atoms with E-state index in [1.165, 1.54) is 51.4 Å². The molecule has 0 radical (unpaired) electrons. The summed E-state index contributed by atoms with van der Waals surface area (Å²) in [5, 5.41) is 2.96. The van der Waals surface area contributed by atoms with Crippen molar-refractivity contribution in [2.75, 3.05) is 40.9 Å². The highest BCUT2D eigenvalue weighted by Gasteiger charge is 2.27. The van der Waals surface area contributed by atoms with Crippen LogP contribution >= 0.6 is 7.82 Å². The molecule has 0 saturated carbocycles. The molecule has 0 saturated heterocycles. The number of carbonyl (C=O) groups excluding carboxylic acids is 2. The van der Waals surface area contributed by atoms with Crippen molar-refractivity contribution < 1.29 is 37.3 Å². The SMILES string of the molecule is CC/C=C\C/C=C\C/C=C\C/C=C\C/C=C\CCCCCCCC(=O)OC(/C=C/CCCCCCCCCCCC)C(COP(=O)([O-])OCC[N+](C)(C)C)NC(=O)CC/C=C/C/C=C/C/C=C/C/C=C/C/C=C/CC. The van der Waals surface area contributed by atoms with E-state index in [9.17, 15) is 19.0 Å². The van der Waals surface area contributed by atoms with Gasteiger partial charge in [0.2, 0.25) is 5.91 Å². The highest BCUT2D eigenvalue weighted by molar-refractivity contribution is 7.45. The number of hydrogen-bond donors (Lipinski definition) is 1. The Morgan fingerprint density at radius 3 is 1.31 bits per heavy atom. The van der Waals surface area contributed by atoms with E-state index in [2.05, 4.69) is 135 Å². The number of nitrogens with one attached hydrogen (secondary N) is 1. The van der Waals surface area contributed by atoms with E-state index < -0.39 is 26.6 Å². The molecular formula is C65H109N2O7P. The molecule has 0 spiro atoms. The van der Waals surface area contributed by atoms with Gasteiger partial charge >= 0.3 is 5.97 Å². The molecule has 426 valence electrons. The maximum atomic E-state index is 13.5. The van der Waals surface area contributed by atoms with Crippen molar-refractivity contribution in [3.8, 4) is 0 Å². The van der Waals surface area contributed by atoms with Gasteiger partial charge in [0, 0.05) is 12.8 Å². The van der Waals surface area contributed by atoms with Crippen molar-refractivity contribution in [3.63, 3.8) is 0 Å². The summed E-state index contributed by atoms with van der Waals surface area (Å²) in [4.78, 5) is 39.9. The first-order chi connectivity index (χ1) is 36.4. The highest BCUT2D eigenvalue weighted by atomic mass is 31.2. The van der Waals surface area contributed by atoms with Crippen LogP contribution in [0.1, 0.15) is 213 Å². The number of phosphoric ester groups is 1. The number of quaternary nitrogens is 1. The number of rotatable bonds is 51. The van der Waals surface area contributed by atoms with Crippen molar-refractivity contribution in [1.29, 1.82) is 0 Å². The number of ether oxygens (including phenoxy) is 1. The average Bonchev–Trinajstić information content (AvgIpc) is 3.37. The molecular weight excluding hydrogens is 952 g/mol. The molecule has 0 aromatic carbocycles. The molecule has 0 fully saturated rings. The van der Waals surface area contributed by atoms with Crippen LogP contribution < -0.4 is 10.2 Å². The zero-order valence-corrected chi connectivity index (χ0v) is 49.3. The molecule has 9 nitrogen and oxygen atoms in total. The lowest BCUT2D eigenvalue weighted by atomic mass is 10.1. The van der Waals surface area contributed by atoms with Crippen LogP contribution in [0.5, 0.6) is 0 Å². The molecule has 0 aromatic rings. The smallest absolute Gasteiger partial charge is 0.306 e. The third kappa shape index (κ3) is 54.7. The second-order valence-electron chi connectivity index (χ2n) is 20.4. The molecule has 0 heterocycles. The van der Waals surface area contributed by atoms with Gasteiger partial charge < -0.3 is 28.5 Å². The zero-order valence-electron chi connectivity index (χ0n) is 48.4. The number of esters is 1. The summed E-state index contributed by atoms with van der Waals surface area (Å²) in [7, 11) is 1.11. The minimum absolute atomic E-state index is 0.0465. The minimum Gasteiger partial charge on any atom is -0.756 e. The Morgan fingerprint density at radius 1 is 0.480 bits per heavy atom. The lowest BCUT2D eigenvalue weighted by Gasteiger charge is -2.30. The fourth-order valence-electron chi connectivity index (χ4n) is 7.59. The predicted molar refractivity (Wildman–Crippen MR) is 320 cm³/mol. The summed E-state index contributed by atoms with van der Waals surface area (Å²) in [6.45, 7) is 6.51. The largest absolute Gasteiger partial charge is 0.756 e. The number of allylic oxidation sites excluding steroid dienone is 21. The summed E-state index contributed by atoms with van der Waals surface area (Å²) in [6, 6.07) is -0.945. The number of nitrogens with zero attached hydrogens (tertiary/aromatic N) is 1. The van der Waals surface area contributed by atoms with Crippen molar-refractivity contribution in [2.24, 2.45) is 0 Å². The van der Waals surface area contributed by atoms with Crippen LogP contribution in [-0.4, -0.2) is 69.4 Å². The molecule has 0 bridgehead atoms. The molecule has 0 aromatic heterocycles. The summed E-state index contributed by atoms with van der Waals surface area (Å²) in [6.07, 6.45) is 75.8. The quantitative estimate of drug-likeness (QED) is 0.0212. The third-order valence-electron chi connectivity index (χ3n) is 12.1. The summed E-state index contributed by atoms with van der Waals surface area (Å²) < 4.78 is 30.2. The highest BCUT2D eigenvalue weighted by Crippen LogP contribution is 2.38. The number of phosphoric acid groups is 1. The number of hydrogen-bond acceptors (Lipinski definition) is 7. The molecule has 0 aliphatic heterocycles. The van der Waals surface area contributed by atoms with Gasteiger partial charge in [0.15, 0.2) is 0 Å². The minimum atomic E-state index is -4.73. The molecule has 0 aliphatic rings. The lowest BCUT2D eigenvalue weighted by Crippen LogP contribution is -2.47. The molecule has 1 amide bonds. The molecule has 0 rings (SSSR count). The van der Waals surface area contributed by atoms with E-state index in [1.54, 1.807) is 6.08 Å². The van der Waals surface area contributed by atoms with Crippen molar-refractivity contribution in [3.05, 3.63) is 134 Å². The first kappa shape index (κ1) is 71.2. The van der Waals surface area contributed by atoms with Crippen molar-refractivity contribution >= 4 is 19.7 Å². The molecule has 0 aliphatic carbocycles. The van der Waals surface area contributed by atoms with Gasteiger partial charge in [-0.2, -0.15) is 0 Å². The topological polar surface area (TPSA) is 114 Å². The first-order valence-corrected chi connectivity index (χ1v) is 31.0. The molecule has 3 unspecified atom stereocenters. The monoisotopic (exact) mass is 1060 g/mol. The van der Waals surface area contributed by atoms with Crippen LogP contribution in [0.4, 0.5) is 0 Å². The third-order valence-corrected chi connectivity index (χ3v) is 13.1. The van der Waals surface area contributed by atoms with Crippen molar-refractivity contribution in [2.45, 2.75) is 226 Å². The number of unbranched alkanes of at least 4 members (excludes halogenated alkanes) is 15. The Morgan fingerprint density at radius 2 is 0.867 bits per heavy atom. The Labute approximate surface area is 460 Å². The van der Waals surface area contributed by atoms with Gasteiger partial charge in [0.1, 0.15) is 19.3 Å². The van der Waals surface area contributed by atoms with Crippen LogP contribution in [0.2, 0.25) is 0 Å². The lowest BCUT2D eigenvalue weighted by molar-refractivity contribution is -0.870. The van der Waals surface area contributed by atoms with Crippen LogP contribution in [-0.2, 0) is 27.9 Å². The van der Waals surface area contributed by atoms with Crippen LogP contribution in [0.25, 0.3) is 0 Å². The van der Waals surface area contributed by atoms with Gasteiger partial charge in [0.05, 0.1) is 33.8 Å². The summed E-state index contributed by atoms with van der Waals surface area (Å²) >= 11 is 0. The van der Waals surface area contributed by atoms with Gasteiger partial charge in [-0.3, -0.25) is 14.2 Å². The summed E-state index contributed by atoms with van der Waals surface area (Å²) in [5.41, 5.74) is 0. The Bertz CT molecular complexity index is 1740. The van der Waals surface area contributed by atoms with Gasteiger partial charge in [-0.25, -0.2) is 0 Å². The number of amides is 1. The van der Waals surface area contributed by atoms with Crippen molar-refractivity contribution in [1.82, 2.24) is 5.32 Å². The van der Waals surface area contributed by atoms with Crippen LogP contribution in [0.3, 0.4) is 0 Å². The van der Waals surface area contributed by atoms with Crippen LogP contribution in [0.15, 0.2) is 134 Å². The van der Waals surface area contributed by atoms with E-state index in [1.807, 2.05) is 39.4 Å². The second-order valence-corrected chi connectivity index (χ2v) is 21.8. The zero-order chi connectivity index (χ0) is 55.0. The fourth-order valence-corrected chi connectivity index (χ4v) is 8.32. The first-order valence-electron chi connectivity index (χ1n) is 29.5. The molecule has 75 heavy (non-hydrogen) atoms. The molecule has 3 atom stereocenters. The van der Waals surface area contributed by atoms with E-state index in [4.69, 9.17) is 13.8 Å². The number of likely N-dealkylation sites (N-methyl/N-ethyl adjacent to an activating group) is 1. The standard InChI is InChI=1S/C65H109N2O7P/c1-7-10-13-16-19-22-25-28-30-32-33-34-35-36-38-40-43-46-49-52-55-58-65(69)74-63(56-53-50-47-44-41-27-24-21-18-15-12-9-3)62(61-73-75(70,71)72-60-59-67(4,5)6)66-64(68)57-54-51-48-45-42-39-37-31-29-26-23-20-17-14-11-8-2/h10-11,13-14,19-20,22-23,28-31,33-34,36,38-39,42,48,51,53,56,62-63H,7-9,12,15-18,21,24-27,32,35,37,40-41,43-47,49-50,52,54-55,57-61H2,1-6H3,(H-,66,68,70,71)/b13-10-,14-11+,22-19-,23-20+,30-28-,31-29+,34-33-,38-36-,42-39+,51-48+,56-53+. The summed E-state index contributed by atoms with van der Waals surface area (Å²) in [5.74, 6) is -0.672. The van der Waals surface area contributed by atoms with Crippen LogP contribution in [0, 0.1) is 0 Å². The Hall–Kier alpha value is -3.85. The molecule has 1 N–H and O–H groups in total. The van der Waals surface area contributed by atoms with Gasteiger partial charge in [0.25, 0.3) is 7.82 Å². The van der Waals surface area contributed by atoms with E-state index in [-0.39, 0.29) is 31.3 Å². The Balaban J connectivity index is 5.45. The number of carbonyl (C=O) groups is 2. The maximum Gasteiger partial charge on any atom is 0.306 e. The second kappa shape index (κ2) is 53.5. The predicted octanol–water partition coefficient (Wildman–Crippen LogP) is 17.5.